The van der Waals surface area contributed by atoms with Gasteiger partial charge in [0.25, 0.3) is 0 Å². The second-order valence-corrected chi connectivity index (χ2v) is 3.73. The summed E-state index contributed by atoms with van der Waals surface area (Å²) in [5.41, 5.74) is 0.545. The summed E-state index contributed by atoms with van der Waals surface area (Å²) in [5.74, 6) is -4.28. The van der Waals surface area contributed by atoms with Crippen molar-refractivity contribution in [2.24, 2.45) is 5.92 Å². The molecule has 0 aromatic carbocycles. The van der Waals surface area contributed by atoms with Crippen LogP contribution in [0.5, 0.6) is 0 Å². The lowest BCUT2D eigenvalue weighted by Crippen LogP contribution is -2.35. The van der Waals surface area contributed by atoms with Crippen LogP contribution in [0.1, 0.15) is 30.0 Å². The van der Waals surface area contributed by atoms with Gasteiger partial charge in [-0.15, -0.1) is 0 Å². The summed E-state index contributed by atoms with van der Waals surface area (Å²) in [6.07, 6.45) is 1.32. The number of hydrogen-bond acceptors (Lipinski definition) is 6. The lowest BCUT2D eigenvalue weighted by atomic mass is 10.0. The first-order valence-electron chi connectivity index (χ1n) is 5.94. The standard InChI is InChI=1S/C13H16O6/c1-4-17-12(15)9(13(16)18-5-2)10(14)11-8(3)6-7-19-11/h6-7,9H,4-5H2,1-3H3. The van der Waals surface area contributed by atoms with Crippen LogP contribution in [0, 0.1) is 12.8 Å². The maximum atomic E-state index is 12.2. The van der Waals surface area contributed by atoms with Gasteiger partial charge in [-0.1, -0.05) is 0 Å². The van der Waals surface area contributed by atoms with E-state index in [0.717, 1.165) is 0 Å². The van der Waals surface area contributed by atoms with Gasteiger partial charge in [-0.3, -0.25) is 14.4 Å². The first-order valence-corrected chi connectivity index (χ1v) is 5.94. The molecule has 0 unspecified atom stereocenters. The molecule has 0 N–H and O–H groups in total. The third kappa shape index (κ3) is 3.43. The van der Waals surface area contributed by atoms with Crippen molar-refractivity contribution in [1.82, 2.24) is 0 Å². The smallest absolute Gasteiger partial charge is 0.328 e. The van der Waals surface area contributed by atoms with Crippen molar-refractivity contribution in [2.45, 2.75) is 20.8 Å². The SMILES string of the molecule is CCOC(=O)C(C(=O)OCC)C(=O)c1occc1C. The molecule has 0 fully saturated rings. The van der Waals surface area contributed by atoms with E-state index in [1.54, 1.807) is 26.8 Å². The monoisotopic (exact) mass is 268 g/mol. The minimum absolute atomic E-state index is 0.0360. The molecule has 0 aliphatic carbocycles. The predicted molar refractivity (Wildman–Crippen MR) is 64.5 cm³/mol. The van der Waals surface area contributed by atoms with E-state index < -0.39 is 23.6 Å². The zero-order chi connectivity index (χ0) is 14.4. The number of ether oxygens (including phenoxy) is 2. The van der Waals surface area contributed by atoms with Gasteiger partial charge in [-0.25, -0.2) is 0 Å². The van der Waals surface area contributed by atoms with E-state index in [1.165, 1.54) is 6.26 Å². The summed E-state index contributed by atoms with van der Waals surface area (Å²) in [4.78, 5) is 35.6. The summed E-state index contributed by atoms with van der Waals surface area (Å²) < 4.78 is 14.5. The lowest BCUT2D eigenvalue weighted by Gasteiger charge is -2.12. The molecule has 0 aliphatic heterocycles. The number of hydrogen-bond donors (Lipinski definition) is 0. The second-order valence-electron chi connectivity index (χ2n) is 3.73. The number of ketones is 1. The van der Waals surface area contributed by atoms with Crippen molar-refractivity contribution < 1.29 is 28.3 Å². The fourth-order valence-corrected chi connectivity index (χ4v) is 1.52. The lowest BCUT2D eigenvalue weighted by molar-refractivity contribution is -0.158. The van der Waals surface area contributed by atoms with Crippen molar-refractivity contribution in [2.75, 3.05) is 13.2 Å². The summed E-state index contributed by atoms with van der Waals surface area (Å²) in [6.45, 7) is 4.95. The maximum absolute atomic E-state index is 12.2. The minimum atomic E-state index is -1.63. The zero-order valence-corrected chi connectivity index (χ0v) is 11.1. The van der Waals surface area contributed by atoms with Crippen LogP contribution in [0.15, 0.2) is 16.7 Å². The topological polar surface area (TPSA) is 82.8 Å². The van der Waals surface area contributed by atoms with Gasteiger partial charge in [0.05, 0.1) is 19.5 Å². The number of esters is 2. The predicted octanol–water partition coefficient (Wildman–Crippen LogP) is 1.51. The Balaban J connectivity index is 3.03. The van der Waals surface area contributed by atoms with Gasteiger partial charge in [0.1, 0.15) is 0 Å². The molecule has 1 rings (SSSR count). The molecule has 104 valence electrons. The van der Waals surface area contributed by atoms with Crippen molar-refractivity contribution >= 4 is 17.7 Å². The van der Waals surface area contributed by atoms with Crippen LogP contribution in [0.4, 0.5) is 0 Å². The van der Waals surface area contributed by atoms with Crippen LogP contribution in [0.3, 0.4) is 0 Å². The van der Waals surface area contributed by atoms with E-state index >= 15 is 0 Å². The highest BCUT2D eigenvalue weighted by atomic mass is 16.6. The number of aryl methyl sites for hydroxylation is 1. The summed E-state index contributed by atoms with van der Waals surface area (Å²) >= 11 is 0. The van der Waals surface area contributed by atoms with E-state index in [9.17, 15) is 14.4 Å². The number of furan rings is 1. The molecule has 1 heterocycles. The second kappa shape index (κ2) is 6.72. The van der Waals surface area contributed by atoms with Crippen molar-refractivity contribution in [3.63, 3.8) is 0 Å². The summed E-state index contributed by atoms with van der Waals surface area (Å²) in [7, 11) is 0. The third-order valence-corrected chi connectivity index (χ3v) is 2.39. The molecule has 0 bridgehead atoms. The Morgan fingerprint density at radius 3 is 2.05 bits per heavy atom. The Hall–Kier alpha value is -2.11. The number of carbonyl (C=O) groups is 3. The molecule has 6 nitrogen and oxygen atoms in total. The van der Waals surface area contributed by atoms with E-state index in [0.29, 0.717) is 5.56 Å². The number of carbonyl (C=O) groups excluding carboxylic acids is 3. The van der Waals surface area contributed by atoms with Crippen molar-refractivity contribution in [1.29, 1.82) is 0 Å². The van der Waals surface area contributed by atoms with Gasteiger partial charge < -0.3 is 13.9 Å². The highest BCUT2D eigenvalue weighted by molar-refractivity contribution is 6.20. The molecule has 0 atom stereocenters. The van der Waals surface area contributed by atoms with Crippen LogP contribution in [-0.2, 0) is 19.1 Å². The largest absolute Gasteiger partial charge is 0.465 e. The van der Waals surface area contributed by atoms with Gasteiger partial charge in [0.2, 0.25) is 11.7 Å². The van der Waals surface area contributed by atoms with Crippen LogP contribution < -0.4 is 0 Å². The molecule has 0 spiro atoms. The maximum Gasteiger partial charge on any atom is 0.328 e. The molecule has 0 saturated carbocycles. The average Bonchev–Trinajstić information content (AvgIpc) is 2.76. The molecule has 6 heteroatoms. The summed E-state index contributed by atoms with van der Waals surface area (Å²) in [5, 5.41) is 0. The molecule has 19 heavy (non-hydrogen) atoms. The fraction of sp³-hybridized carbons (Fsp3) is 0.462. The highest BCUT2D eigenvalue weighted by Gasteiger charge is 2.39. The molecule has 1 aromatic rings. The van der Waals surface area contributed by atoms with Crippen LogP contribution in [0.25, 0.3) is 0 Å². The third-order valence-electron chi connectivity index (χ3n) is 2.39. The number of Topliss-reactive ketones (excluding diaryl/α,β-unsaturated/α-hetero) is 1. The minimum Gasteiger partial charge on any atom is -0.465 e. The summed E-state index contributed by atoms with van der Waals surface area (Å²) in [6, 6.07) is 1.57. The zero-order valence-electron chi connectivity index (χ0n) is 11.1. The first kappa shape index (κ1) is 14.9. The van der Waals surface area contributed by atoms with Gasteiger partial charge >= 0.3 is 11.9 Å². The number of rotatable bonds is 6. The first-order chi connectivity index (χ1) is 9.02. The molecule has 0 amide bonds. The molecule has 1 aromatic heterocycles. The van der Waals surface area contributed by atoms with E-state index in [4.69, 9.17) is 13.9 Å². The molecule has 0 aliphatic rings. The quantitative estimate of drug-likeness (QED) is 0.442. The molecule has 0 radical (unpaired) electrons. The Kier molecular flexibility index (Phi) is 5.29. The Morgan fingerprint density at radius 1 is 1.16 bits per heavy atom. The Morgan fingerprint density at radius 2 is 1.68 bits per heavy atom. The van der Waals surface area contributed by atoms with Crippen molar-refractivity contribution in [3.05, 3.63) is 23.7 Å². The van der Waals surface area contributed by atoms with E-state index in [-0.39, 0.29) is 19.0 Å². The van der Waals surface area contributed by atoms with Gasteiger partial charge in [0, 0.05) is 0 Å². The molecular weight excluding hydrogens is 252 g/mol. The molecular formula is C13H16O6. The van der Waals surface area contributed by atoms with Crippen molar-refractivity contribution in [3.8, 4) is 0 Å². The van der Waals surface area contributed by atoms with Crippen LogP contribution >= 0.6 is 0 Å². The molecule has 0 saturated heterocycles. The highest BCUT2D eigenvalue weighted by Crippen LogP contribution is 2.17. The van der Waals surface area contributed by atoms with Gasteiger partial charge in [-0.05, 0) is 32.4 Å². The average molecular weight is 268 g/mol. The Bertz CT molecular complexity index is 455. The van der Waals surface area contributed by atoms with E-state index in [1.807, 2.05) is 0 Å². The van der Waals surface area contributed by atoms with Gasteiger partial charge in [-0.2, -0.15) is 0 Å². The normalized spacial score (nSPS) is 10.3. The fourth-order valence-electron chi connectivity index (χ4n) is 1.52. The van der Waals surface area contributed by atoms with E-state index in [2.05, 4.69) is 0 Å². The van der Waals surface area contributed by atoms with Gasteiger partial charge in [0.15, 0.2) is 5.76 Å². The van der Waals surface area contributed by atoms with Crippen LogP contribution in [0.2, 0.25) is 0 Å². The Labute approximate surface area is 110 Å². The van der Waals surface area contributed by atoms with Crippen LogP contribution in [-0.4, -0.2) is 30.9 Å².